The first-order valence-electron chi connectivity index (χ1n) is 7.82. The van der Waals surface area contributed by atoms with Crippen molar-refractivity contribution < 1.29 is 19.0 Å². The van der Waals surface area contributed by atoms with E-state index in [1.807, 2.05) is 13.8 Å². The van der Waals surface area contributed by atoms with Crippen LogP contribution in [0, 0.1) is 11.7 Å². The largest absolute Gasteiger partial charge is 0.496 e. The summed E-state index contributed by atoms with van der Waals surface area (Å²) in [5.74, 6) is -0.0139. The van der Waals surface area contributed by atoms with Gasteiger partial charge in [-0.05, 0) is 31.9 Å². The summed E-state index contributed by atoms with van der Waals surface area (Å²) in [4.78, 5) is 12.0. The Morgan fingerprint density at radius 3 is 2.65 bits per heavy atom. The summed E-state index contributed by atoms with van der Waals surface area (Å²) in [5, 5.41) is 15.6. The van der Waals surface area contributed by atoms with Crippen LogP contribution < -0.4 is 15.4 Å². The summed E-state index contributed by atoms with van der Waals surface area (Å²) in [6.07, 6.45) is 0.805. The Morgan fingerprint density at radius 1 is 1.43 bits per heavy atom. The molecular formula is C17H27FN2O3. The first-order valence-corrected chi connectivity index (χ1v) is 7.82. The van der Waals surface area contributed by atoms with Crippen LogP contribution >= 0.6 is 0 Å². The lowest BCUT2D eigenvalue weighted by molar-refractivity contribution is 0.00784. The maximum Gasteiger partial charge on any atom is 0.315 e. The van der Waals surface area contributed by atoms with Gasteiger partial charge in [-0.2, -0.15) is 0 Å². The number of amides is 2. The Labute approximate surface area is 137 Å². The molecule has 3 atom stereocenters. The highest BCUT2D eigenvalue weighted by Crippen LogP contribution is 2.27. The van der Waals surface area contributed by atoms with E-state index < -0.39 is 23.5 Å². The molecule has 23 heavy (non-hydrogen) atoms. The van der Waals surface area contributed by atoms with Gasteiger partial charge in [0.1, 0.15) is 11.6 Å². The molecule has 3 N–H and O–H groups in total. The summed E-state index contributed by atoms with van der Waals surface area (Å²) in [7, 11) is 1.45. The molecule has 0 bridgehead atoms. The molecule has 0 aliphatic carbocycles. The molecule has 0 aliphatic rings. The Hall–Kier alpha value is -1.82. The number of carbonyl (C=O) groups is 1. The van der Waals surface area contributed by atoms with Crippen molar-refractivity contribution in [2.24, 2.45) is 5.92 Å². The van der Waals surface area contributed by atoms with E-state index in [0.29, 0.717) is 11.3 Å². The number of carbonyl (C=O) groups excluding carboxylic acids is 1. The summed E-state index contributed by atoms with van der Waals surface area (Å²) < 4.78 is 19.1. The van der Waals surface area contributed by atoms with Crippen LogP contribution in [-0.2, 0) is 0 Å². The Bertz CT molecular complexity index is 535. The van der Waals surface area contributed by atoms with Crippen LogP contribution in [0.4, 0.5) is 9.18 Å². The van der Waals surface area contributed by atoms with E-state index in [9.17, 15) is 14.3 Å². The molecule has 0 aliphatic heterocycles. The molecule has 0 fully saturated rings. The first kappa shape index (κ1) is 19.2. The molecule has 1 rings (SSSR count). The zero-order valence-corrected chi connectivity index (χ0v) is 14.4. The summed E-state index contributed by atoms with van der Waals surface area (Å²) in [6, 6.07) is 3.48. The molecule has 0 spiro atoms. The SMILES string of the molecule is CCC(C)C(C)(O)CNC(=O)NC(C)c1c(F)cccc1OC. The van der Waals surface area contributed by atoms with Crippen molar-refractivity contribution in [3.05, 3.63) is 29.6 Å². The zero-order valence-electron chi connectivity index (χ0n) is 14.4. The Morgan fingerprint density at radius 2 is 2.09 bits per heavy atom. The second kappa shape index (κ2) is 8.15. The lowest BCUT2D eigenvalue weighted by Gasteiger charge is -2.30. The van der Waals surface area contributed by atoms with Gasteiger partial charge in [0.2, 0.25) is 0 Å². The minimum absolute atomic E-state index is 0.0480. The smallest absolute Gasteiger partial charge is 0.315 e. The number of ether oxygens (including phenoxy) is 1. The van der Waals surface area contributed by atoms with Crippen LogP contribution in [0.5, 0.6) is 5.75 Å². The molecular weight excluding hydrogens is 299 g/mol. The number of halogens is 1. The maximum atomic E-state index is 14.0. The van der Waals surface area contributed by atoms with Gasteiger partial charge in [-0.1, -0.05) is 26.3 Å². The summed E-state index contributed by atoms with van der Waals surface area (Å²) in [6.45, 7) is 7.38. The predicted octanol–water partition coefficient (Wildman–Crippen LogP) is 2.99. The first-order chi connectivity index (χ1) is 10.7. The standard InChI is InChI=1S/C17H27FN2O3/c1-6-11(2)17(4,22)10-19-16(21)20-12(3)15-13(18)8-7-9-14(15)23-5/h7-9,11-12,22H,6,10H2,1-5H3,(H2,19,20,21). The molecule has 3 unspecified atom stereocenters. The van der Waals surface area contributed by atoms with Crippen LogP contribution in [0.25, 0.3) is 0 Å². The van der Waals surface area contributed by atoms with E-state index >= 15 is 0 Å². The fourth-order valence-corrected chi connectivity index (χ4v) is 2.31. The van der Waals surface area contributed by atoms with Gasteiger partial charge in [0.25, 0.3) is 0 Å². The van der Waals surface area contributed by atoms with Crippen LogP contribution in [-0.4, -0.2) is 30.4 Å². The van der Waals surface area contributed by atoms with Gasteiger partial charge in [0, 0.05) is 6.54 Å². The minimum Gasteiger partial charge on any atom is -0.496 e. The molecule has 1 aromatic carbocycles. The molecule has 6 heteroatoms. The minimum atomic E-state index is -0.995. The molecule has 130 valence electrons. The number of benzene rings is 1. The van der Waals surface area contributed by atoms with Crippen LogP contribution in [0.15, 0.2) is 18.2 Å². The monoisotopic (exact) mass is 326 g/mol. The Kier molecular flexibility index (Phi) is 6.81. The number of aliphatic hydroxyl groups is 1. The second-order valence-electron chi connectivity index (χ2n) is 6.07. The number of nitrogens with one attached hydrogen (secondary N) is 2. The predicted molar refractivity (Wildman–Crippen MR) is 88.0 cm³/mol. The number of rotatable bonds is 7. The van der Waals surface area contributed by atoms with E-state index in [-0.39, 0.29) is 12.5 Å². The average molecular weight is 326 g/mol. The van der Waals surface area contributed by atoms with Crippen molar-refractivity contribution in [3.63, 3.8) is 0 Å². The van der Waals surface area contributed by atoms with Gasteiger partial charge in [-0.3, -0.25) is 0 Å². The fourth-order valence-electron chi connectivity index (χ4n) is 2.31. The quantitative estimate of drug-likeness (QED) is 0.721. The third-order valence-corrected chi connectivity index (χ3v) is 4.29. The molecule has 0 aromatic heterocycles. The van der Waals surface area contributed by atoms with E-state index in [0.717, 1.165) is 6.42 Å². The molecule has 0 saturated carbocycles. The second-order valence-corrected chi connectivity index (χ2v) is 6.07. The van der Waals surface area contributed by atoms with E-state index in [4.69, 9.17) is 4.74 Å². The highest BCUT2D eigenvalue weighted by molar-refractivity contribution is 5.74. The summed E-state index contributed by atoms with van der Waals surface area (Å²) in [5.41, 5.74) is -0.704. The van der Waals surface area contributed by atoms with E-state index in [1.165, 1.54) is 13.2 Å². The maximum absolute atomic E-state index is 14.0. The van der Waals surface area contributed by atoms with Crippen LogP contribution in [0.2, 0.25) is 0 Å². The van der Waals surface area contributed by atoms with E-state index in [1.54, 1.807) is 26.0 Å². The molecule has 0 saturated heterocycles. The lowest BCUT2D eigenvalue weighted by atomic mass is 9.89. The molecule has 2 amide bonds. The summed E-state index contributed by atoms with van der Waals surface area (Å²) >= 11 is 0. The lowest BCUT2D eigenvalue weighted by Crippen LogP contribution is -2.48. The topological polar surface area (TPSA) is 70.6 Å². The number of hydrogen-bond donors (Lipinski definition) is 3. The van der Waals surface area contributed by atoms with Gasteiger partial charge in [-0.15, -0.1) is 0 Å². The van der Waals surface area contributed by atoms with Crippen molar-refractivity contribution in [1.82, 2.24) is 10.6 Å². The van der Waals surface area contributed by atoms with Gasteiger partial charge in [0.15, 0.2) is 0 Å². The van der Waals surface area contributed by atoms with Crippen molar-refractivity contribution in [2.45, 2.75) is 45.8 Å². The van der Waals surface area contributed by atoms with Gasteiger partial charge in [-0.25, -0.2) is 9.18 Å². The highest BCUT2D eigenvalue weighted by Gasteiger charge is 2.28. The van der Waals surface area contributed by atoms with Gasteiger partial charge in [0.05, 0.1) is 24.3 Å². The molecule has 1 aromatic rings. The number of methoxy groups -OCH3 is 1. The van der Waals surface area contributed by atoms with Crippen molar-refractivity contribution in [3.8, 4) is 5.75 Å². The van der Waals surface area contributed by atoms with Gasteiger partial charge < -0.3 is 20.5 Å². The number of hydrogen-bond acceptors (Lipinski definition) is 3. The number of urea groups is 1. The van der Waals surface area contributed by atoms with Crippen molar-refractivity contribution >= 4 is 6.03 Å². The Balaban J connectivity index is 2.68. The average Bonchev–Trinajstić information content (AvgIpc) is 2.51. The molecule has 5 nitrogen and oxygen atoms in total. The third kappa shape index (κ3) is 5.10. The van der Waals surface area contributed by atoms with Crippen LogP contribution in [0.3, 0.4) is 0 Å². The molecule has 0 radical (unpaired) electrons. The normalized spacial score (nSPS) is 16.1. The zero-order chi connectivity index (χ0) is 17.6. The fraction of sp³-hybridized carbons (Fsp3) is 0.588. The van der Waals surface area contributed by atoms with Gasteiger partial charge >= 0.3 is 6.03 Å². The highest BCUT2D eigenvalue weighted by atomic mass is 19.1. The molecule has 0 heterocycles. The van der Waals surface area contributed by atoms with Crippen LogP contribution in [0.1, 0.15) is 45.7 Å². The third-order valence-electron chi connectivity index (χ3n) is 4.29. The van der Waals surface area contributed by atoms with E-state index in [2.05, 4.69) is 10.6 Å². The van der Waals surface area contributed by atoms with Crippen molar-refractivity contribution in [2.75, 3.05) is 13.7 Å². The van der Waals surface area contributed by atoms with Crippen molar-refractivity contribution in [1.29, 1.82) is 0 Å².